The first-order chi connectivity index (χ1) is 11.7. The van der Waals surface area contributed by atoms with Crippen LogP contribution < -0.4 is 0 Å². The highest BCUT2D eigenvalue weighted by molar-refractivity contribution is 5.87. The van der Waals surface area contributed by atoms with E-state index in [0.29, 0.717) is 5.57 Å². The average molecular weight is 346 g/mol. The third kappa shape index (κ3) is 12.0. The van der Waals surface area contributed by atoms with E-state index in [1.54, 1.807) is 13.0 Å². The van der Waals surface area contributed by atoms with Gasteiger partial charge in [0.15, 0.2) is 0 Å². The molecule has 0 aromatic heterocycles. The highest BCUT2D eigenvalue weighted by Crippen LogP contribution is 2.01. The molecule has 25 heavy (non-hydrogen) atoms. The number of rotatable bonds is 7. The van der Waals surface area contributed by atoms with Crippen molar-refractivity contribution >= 4 is 24.0 Å². The molecule has 0 heterocycles. The fraction of sp³-hybridized carbons (Fsp3) is 0.211. The lowest BCUT2D eigenvalue weighted by Crippen LogP contribution is -2.12. The SMILES string of the molecule is C=C(C)C(=O)O.C=C(C)C(=O)OCCOC(=O)C=Cc1ccccc1. The molecule has 1 rings (SSSR count). The van der Waals surface area contributed by atoms with Gasteiger partial charge in [0.1, 0.15) is 13.2 Å². The van der Waals surface area contributed by atoms with Crippen molar-refractivity contribution in [1.29, 1.82) is 0 Å². The Hall–Kier alpha value is -3.15. The minimum absolute atomic E-state index is 0.0244. The van der Waals surface area contributed by atoms with Gasteiger partial charge in [-0.2, -0.15) is 0 Å². The molecular weight excluding hydrogens is 324 g/mol. The second kappa shape index (κ2) is 12.3. The Bertz CT molecular complexity index is 631. The van der Waals surface area contributed by atoms with E-state index in [1.807, 2.05) is 30.3 Å². The van der Waals surface area contributed by atoms with Gasteiger partial charge in [0.05, 0.1) is 0 Å². The van der Waals surface area contributed by atoms with Crippen LogP contribution in [0.3, 0.4) is 0 Å². The van der Waals surface area contributed by atoms with Crippen molar-refractivity contribution in [2.24, 2.45) is 0 Å². The Morgan fingerprint density at radius 1 is 1.00 bits per heavy atom. The number of benzene rings is 1. The normalized spacial score (nSPS) is 9.52. The third-order valence-electron chi connectivity index (χ3n) is 2.49. The Balaban J connectivity index is 0.000000823. The van der Waals surface area contributed by atoms with E-state index in [-0.39, 0.29) is 18.8 Å². The van der Waals surface area contributed by atoms with Crippen LogP contribution in [0.4, 0.5) is 0 Å². The van der Waals surface area contributed by atoms with Crippen LogP contribution in [0.15, 0.2) is 60.7 Å². The summed E-state index contributed by atoms with van der Waals surface area (Å²) in [5, 5.41) is 7.89. The summed E-state index contributed by atoms with van der Waals surface area (Å²) in [4.78, 5) is 31.9. The van der Waals surface area contributed by atoms with E-state index in [2.05, 4.69) is 13.2 Å². The molecule has 0 amide bonds. The van der Waals surface area contributed by atoms with Crippen molar-refractivity contribution in [3.63, 3.8) is 0 Å². The molecule has 0 fully saturated rings. The maximum absolute atomic E-state index is 11.3. The van der Waals surface area contributed by atoms with Crippen LogP contribution in [0.1, 0.15) is 19.4 Å². The highest BCUT2D eigenvalue weighted by atomic mass is 16.6. The Labute approximate surface area is 147 Å². The van der Waals surface area contributed by atoms with Crippen molar-refractivity contribution in [3.05, 3.63) is 66.3 Å². The van der Waals surface area contributed by atoms with Crippen molar-refractivity contribution < 1.29 is 29.0 Å². The molecule has 0 saturated heterocycles. The third-order valence-corrected chi connectivity index (χ3v) is 2.49. The van der Waals surface area contributed by atoms with Crippen molar-refractivity contribution in [3.8, 4) is 0 Å². The van der Waals surface area contributed by atoms with Crippen molar-refractivity contribution in [2.45, 2.75) is 13.8 Å². The molecule has 0 radical (unpaired) electrons. The number of ether oxygens (including phenoxy) is 2. The summed E-state index contributed by atoms with van der Waals surface area (Å²) < 4.78 is 9.64. The summed E-state index contributed by atoms with van der Waals surface area (Å²) in [6.07, 6.45) is 2.98. The maximum Gasteiger partial charge on any atom is 0.333 e. The second-order valence-electron chi connectivity index (χ2n) is 4.91. The maximum atomic E-state index is 11.3. The zero-order valence-corrected chi connectivity index (χ0v) is 14.4. The first kappa shape index (κ1) is 21.9. The summed E-state index contributed by atoms with van der Waals surface area (Å²) in [6.45, 7) is 9.64. The molecule has 6 heteroatoms. The predicted molar refractivity (Wildman–Crippen MR) is 94.7 cm³/mol. The summed E-state index contributed by atoms with van der Waals surface area (Å²) in [5.74, 6) is -1.90. The van der Waals surface area contributed by atoms with Crippen LogP contribution in [0, 0.1) is 0 Å². The zero-order chi connectivity index (χ0) is 19.2. The van der Waals surface area contributed by atoms with Gasteiger partial charge < -0.3 is 14.6 Å². The van der Waals surface area contributed by atoms with Crippen LogP contribution in [-0.2, 0) is 23.9 Å². The van der Waals surface area contributed by atoms with Gasteiger partial charge in [0, 0.05) is 17.2 Å². The molecule has 0 bridgehead atoms. The lowest BCUT2D eigenvalue weighted by molar-refractivity contribution is -0.146. The van der Waals surface area contributed by atoms with Crippen molar-refractivity contribution in [2.75, 3.05) is 13.2 Å². The van der Waals surface area contributed by atoms with E-state index in [4.69, 9.17) is 14.6 Å². The van der Waals surface area contributed by atoms with Gasteiger partial charge in [0.2, 0.25) is 0 Å². The van der Waals surface area contributed by atoms with Crippen LogP contribution in [0.5, 0.6) is 0 Å². The van der Waals surface area contributed by atoms with Crippen LogP contribution >= 0.6 is 0 Å². The van der Waals surface area contributed by atoms with Gasteiger partial charge >= 0.3 is 17.9 Å². The smallest absolute Gasteiger partial charge is 0.333 e. The topological polar surface area (TPSA) is 89.9 Å². The van der Waals surface area contributed by atoms with E-state index < -0.39 is 17.9 Å². The lowest BCUT2D eigenvalue weighted by Gasteiger charge is -2.04. The van der Waals surface area contributed by atoms with Gasteiger partial charge in [-0.25, -0.2) is 14.4 Å². The Morgan fingerprint density at radius 3 is 2.00 bits per heavy atom. The number of carboxylic acid groups (broad SMARTS) is 1. The van der Waals surface area contributed by atoms with Crippen LogP contribution in [-0.4, -0.2) is 36.2 Å². The van der Waals surface area contributed by atoms with E-state index >= 15 is 0 Å². The summed E-state index contributed by atoms with van der Waals surface area (Å²) in [7, 11) is 0. The molecule has 1 aromatic carbocycles. The second-order valence-corrected chi connectivity index (χ2v) is 4.91. The van der Waals surface area contributed by atoms with E-state index in [9.17, 15) is 14.4 Å². The number of carbonyl (C=O) groups excluding carboxylic acids is 2. The highest BCUT2D eigenvalue weighted by Gasteiger charge is 2.03. The van der Waals surface area contributed by atoms with Crippen molar-refractivity contribution in [1.82, 2.24) is 0 Å². The molecule has 1 aromatic rings. The fourth-order valence-corrected chi connectivity index (χ4v) is 1.18. The number of aliphatic carboxylic acids is 1. The molecular formula is C19H22O6. The summed E-state index contributed by atoms with van der Waals surface area (Å²) in [6, 6.07) is 9.40. The quantitative estimate of drug-likeness (QED) is 0.464. The minimum atomic E-state index is -0.935. The average Bonchev–Trinajstić information content (AvgIpc) is 2.58. The fourth-order valence-electron chi connectivity index (χ4n) is 1.18. The largest absolute Gasteiger partial charge is 0.478 e. The number of esters is 2. The van der Waals surface area contributed by atoms with Gasteiger partial charge in [-0.15, -0.1) is 0 Å². The van der Waals surface area contributed by atoms with Gasteiger partial charge in [-0.1, -0.05) is 43.5 Å². The lowest BCUT2D eigenvalue weighted by atomic mass is 10.2. The molecule has 0 aliphatic carbocycles. The number of carbonyl (C=O) groups is 3. The zero-order valence-electron chi connectivity index (χ0n) is 14.4. The Kier molecular flexibility index (Phi) is 10.7. The molecule has 0 aliphatic heterocycles. The van der Waals surface area contributed by atoms with Crippen LogP contribution in [0.2, 0.25) is 0 Å². The standard InChI is InChI=1S/C15H16O4.C4H6O2/c1-12(2)15(17)19-11-10-18-14(16)9-8-13-6-4-3-5-7-13;1-3(2)4(5)6/h3-9H,1,10-11H2,2H3;1H2,2H3,(H,5,6). The monoisotopic (exact) mass is 346 g/mol. The number of hydrogen-bond donors (Lipinski definition) is 1. The van der Waals surface area contributed by atoms with E-state index in [0.717, 1.165) is 5.56 Å². The molecule has 0 aliphatic rings. The summed E-state index contributed by atoms with van der Waals surface area (Å²) in [5.41, 5.74) is 1.40. The van der Waals surface area contributed by atoms with E-state index in [1.165, 1.54) is 13.0 Å². The molecule has 134 valence electrons. The summed E-state index contributed by atoms with van der Waals surface area (Å²) >= 11 is 0. The van der Waals surface area contributed by atoms with Gasteiger partial charge in [-0.3, -0.25) is 0 Å². The number of carboxylic acids is 1. The molecule has 0 unspecified atom stereocenters. The van der Waals surface area contributed by atoms with Gasteiger partial charge in [-0.05, 0) is 25.5 Å². The molecule has 6 nitrogen and oxygen atoms in total. The molecule has 0 atom stereocenters. The molecule has 0 saturated carbocycles. The van der Waals surface area contributed by atoms with Gasteiger partial charge in [0.25, 0.3) is 0 Å². The number of hydrogen-bond acceptors (Lipinski definition) is 5. The van der Waals surface area contributed by atoms with Crippen LogP contribution in [0.25, 0.3) is 6.08 Å². The molecule has 1 N–H and O–H groups in total. The Morgan fingerprint density at radius 2 is 1.52 bits per heavy atom. The predicted octanol–water partition coefficient (Wildman–Crippen LogP) is 3.01. The first-order valence-corrected chi connectivity index (χ1v) is 7.35. The molecule has 0 spiro atoms. The first-order valence-electron chi connectivity index (χ1n) is 7.35. The minimum Gasteiger partial charge on any atom is -0.478 e.